The van der Waals surface area contributed by atoms with Crippen LogP contribution in [-0.2, 0) is 44.5 Å². The molecule has 0 radical (unpaired) electrons. The molecule has 22 heteroatoms. The average molecular weight is 786 g/mol. The third kappa shape index (κ3) is 15.9. The van der Waals surface area contributed by atoms with Crippen LogP contribution in [0.5, 0.6) is 5.75 Å². The Morgan fingerprint density at radius 2 is 1.16 bits per heavy atom. The molecule has 6 N–H and O–H groups in total. The molecule has 0 saturated carbocycles. The summed E-state index contributed by atoms with van der Waals surface area (Å²) in [6.45, 7) is 4.37. The number of rotatable bonds is 17. The zero-order valence-electron chi connectivity index (χ0n) is 26.8. The number of nitrogens with one attached hydrogen (secondary N) is 4. The molecule has 15 nitrogen and oxygen atoms in total. The smallest absolute Gasteiger partial charge is 0.416 e. The minimum Gasteiger partial charge on any atom is -0.424 e. The zero-order chi connectivity index (χ0) is 38.3. The van der Waals surface area contributed by atoms with E-state index in [9.17, 15) is 56.3 Å². The molecule has 0 heterocycles. The van der Waals surface area contributed by atoms with Crippen LogP contribution in [0.2, 0.25) is 0 Å². The maximum Gasteiger partial charge on any atom is 0.416 e. The maximum absolute atomic E-state index is 13.6. The number of thiol groups is 1. The van der Waals surface area contributed by atoms with Crippen molar-refractivity contribution in [1.29, 1.82) is 0 Å². The first-order valence-electron chi connectivity index (χ1n) is 14.1. The summed E-state index contributed by atoms with van der Waals surface area (Å²) in [5, 5.41) is 6.75. The van der Waals surface area contributed by atoms with Crippen LogP contribution in [-0.4, -0.2) is 98.0 Å². The van der Waals surface area contributed by atoms with E-state index in [4.69, 9.17) is 10.5 Å². The van der Waals surface area contributed by atoms with E-state index < -0.39 is 110 Å². The number of ether oxygens (including phenoxy) is 1. The number of alkyl halides is 3. The lowest BCUT2D eigenvalue weighted by Gasteiger charge is -2.20. The highest BCUT2D eigenvalue weighted by Crippen LogP contribution is 2.35. The van der Waals surface area contributed by atoms with Gasteiger partial charge in [-0.1, -0.05) is 35.3 Å². The molecule has 4 unspecified atom stereocenters. The van der Waals surface area contributed by atoms with Crippen LogP contribution in [0, 0.1) is 0 Å². The van der Waals surface area contributed by atoms with Gasteiger partial charge in [-0.25, -0.2) is 4.79 Å². The summed E-state index contributed by atoms with van der Waals surface area (Å²) < 4.78 is 46.0. The fraction of sp³-hybridized carbons (Fsp3) is 0.464. The van der Waals surface area contributed by atoms with Crippen molar-refractivity contribution in [2.45, 2.75) is 58.0 Å². The van der Waals surface area contributed by atoms with Crippen LogP contribution in [0.3, 0.4) is 0 Å². The number of amides is 5. The SMILES string of the molecule is CC(=O)NC(CSC(=O)C(CSC(=O)c1ccc(C(F)(F)F)cc1OC(=O)C(CSC(=O)C(CS)NC(C)=O)NC(C)=O)NC(C)=O)C(N)=O. The number of carbonyl (C=O) groups excluding carboxylic acids is 9. The standard InChI is InChI=1S/C28H34F3N5O10S4/c1-12(37)33-18(8-47)26(44)50-10-20(35-14(3)39)24(42)46-22-7-16(28(29,30)31)5-6-17(22)25(43)48-11-21(36-15(4)40)27(45)49-9-19(23(32)41)34-13(2)38/h5-7,18-21,47H,8-11H2,1-4H3,(H2,32,41)(H,33,37)(H,34,38)(H,35,39)(H,36,40). The summed E-state index contributed by atoms with van der Waals surface area (Å²) in [4.78, 5) is 110. The van der Waals surface area contributed by atoms with Crippen molar-refractivity contribution in [2.24, 2.45) is 5.73 Å². The summed E-state index contributed by atoms with van der Waals surface area (Å²) in [7, 11) is 0. The van der Waals surface area contributed by atoms with Gasteiger partial charge in [0.25, 0.3) is 0 Å². The zero-order valence-corrected chi connectivity index (χ0v) is 30.2. The first kappa shape index (κ1) is 44.3. The van der Waals surface area contributed by atoms with Gasteiger partial charge in [-0.15, -0.1) is 0 Å². The second-order valence-corrected chi connectivity index (χ2v) is 13.5. The number of esters is 1. The highest BCUT2D eigenvalue weighted by atomic mass is 32.2. The third-order valence-corrected chi connectivity index (χ3v) is 9.28. The summed E-state index contributed by atoms with van der Waals surface area (Å²) in [6.07, 6.45) is -4.94. The van der Waals surface area contributed by atoms with E-state index in [0.29, 0.717) is 47.4 Å². The summed E-state index contributed by atoms with van der Waals surface area (Å²) in [5.41, 5.74) is 3.37. The van der Waals surface area contributed by atoms with Crippen molar-refractivity contribution in [2.75, 3.05) is 23.0 Å². The monoisotopic (exact) mass is 785 g/mol. The first-order chi connectivity index (χ1) is 23.2. The quantitative estimate of drug-likeness (QED) is 0.0716. The molecule has 0 fully saturated rings. The number of halogens is 3. The number of hydrogen-bond donors (Lipinski definition) is 6. The Balaban J connectivity index is 3.29. The Labute approximate surface area is 302 Å². The molecule has 0 aliphatic heterocycles. The second kappa shape index (κ2) is 20.8. The van der Waals surface area contributed by atoms with Gasteiger partial charge in [0, 0.05) is 50.7 Å². The van der Waals surface area contributed by atoms with Crippen molar-refractivity contribution in [3.8, 4) is 5.75 Å². The fourth-order valence-corrected chi connectivity index (χ4v) is 6.77. The Kier molecular flexibility index (Phi) is 18.4. The highest BCUT2D eigenvalue weighted by Gasteiger charge is 2.34. The van der Waals surface area contributed by atoms with Crippen LogP contribution in [0.4, 0.5) is 13.2 Å². The number of carbonyl (C=O) groups is 9. The molecule has 1 rings (SSSR count). The molecule has 50 heavy (non-hydrogen) atoms. The molecule has 0 aromatic heterocycles. The molecule has 276 valence electrons. The summed E-state index contributed by atoms with van der Waals surface area (Å²) in [5.74, 6) is -7.11. The summed E-state index contributed by atoms with van der Waals surface area (Å²) >= 11 is 5.38. The van der Waals surface area contributed by atoms with Crippen molar-refractivity contribution in [3.63, 3.8) is 0 Å². The lowest BCUT2D eigenvalue weighted by atomic mass is 10.1. The molecule has 0 spiro atoms. The van der Waals surface area contributed by atoms with Crippen molar-refractivity contribution in [1.82, 2.24) is 21.3 Å². The first-order valence-corrected chi connectivity index (χ1v) is 17.7. The van der Waals surface area contributed by atoms with Gasteiger partial charge in [0.1, 0.15) is 29.9 Å². The van der Waals surface area contributed by atoms with E-state index >= 15 is 0 Å². The van der Waals surface area contributed by atoms with Crippen LogP contribution < -0.4 is 31.7 Å². The highest BCUT2D eigenvalue weighted by molar-refractivity contribution is 8.15. The van der Waals surface area contributed by atoms with Gasteiger partial charge < -0.3 is 31.7 Å². The largest absolute Gasteiger partial charge is 0.424 e. The Morgan fingerprint density at radius 3 is 1.64 bits per heavy atom. The minimum absolute atomic E-state index is 0.105. The molecular formula is C28H34F3N5O10S4. The predicted molar refractivity (Wildman–Crippen MR) is 182 cm³/mol. The molecule has 0 aliphatic rings. The van der Waals surface area contributed by atoms with Crippen LogP contribution >= 0.6 is 47.9 Å². The Hall–Kier alpha value is -3.76. The van der Waals surface area contributed by atoms with E-state index in [1.165, 1.54) is 0 Å². The van der Waals surface area contributed by atoms with Crippen LogP contribution in [0.1, 0.15) is 43.6 Å². The van der Waals surface area contributed by atoms with Gasteiger partial charge in [-0.2, -0.15) is 25.8 Å². The molecule has 0 aliphatic carbocycles. The Bertz CT molecular complexity index is 1500. The van der Waals surface area contributed by atoms with Gasteiger partial charge in [0.05, 0.1) is 11.1 Å². The Morgan fingerprint density at radius 1 is 0.720 bits per heavy atom. The summed E-state index contributed by atoms with van der Waals surface area (Å²) in [6, 6.07) is -3.62. The van der Waals surface area contributed by atoms with Gasteiger partial charge in [0.15, 0.2) is 0 Å². The molecular weight excluding hydrogens is 752 g/mol. The van der Waals surface area contributed by atoms with Crippen molar-refractivity contribution >= 4 is 98.8 Å². The van der Waals surface area contributed by atoms with Gasteiger partial charge in [-0.05, 0) is 18.2 Å². The fourth-order valence-electron chi connectivity index (χ4n) is 3.59. The van der Waals surface area contributed by atoms with Gasteiger partial charge in [0.2, 0.25) is 44.9 Å². The second-order valence-electron chi connectivity index (χ2n) is 10.1. The average Bonchev–Trinajstić information content (AvgIpc) is 3.00. The molecule has 1 aromatic rings. The molecule has 0 saturated heterocycles. The number of thioether (sulfide) groups is 3. The maximum atomic E-state index is 13.6. The van der Waals surface area contributed by atoms with Gasteiger partial charge >= 0.3 is 12.1 Å². The molecule has 5 amide bonds. The topological polar surface area (TPSA) is 237 Å². The van der Waals surface area contributed by atoms with Crippen molar-refractivity contribution in [3.05, 3.63) is 29.3 Å². The normalized spacial score (nSPS) is 13.4. The van der Waals surface area contributed by atoms with Crippen LogP contribution in [0.25, 0.3) is 0 Å². The van der Waals surface area contributed by atoms with E-state index in [1.807, 2.05) is 0 Å². The van der Waals surface area contributed by atoms with Crippen molar-refractivity contribution < 1.29 is 61.1 Å². The number of benzene rings is 1. The number of primary amides is 1. The third-order valence-electron chi connectivity index (χ3n) is 5.79. The lowest BCUT2D eigenvalue weighted by Crippen LogP contribution is -2.46. The van der Waals surface area contributed by atoms with Crippen LogP contribution in [0.15, 0.2) is 18.2 Å². The molecule has 4 atom stereocenters. The van der Waals surface area contributed by atoms with E-state index in [2.05, 4.69) is 33.9 Å². The van der Waals surface area contributed by atoms with E-state index in [0.717, 1.165) is 33.8 Å². The number of nitrogens with two attached hydrogens (primary N) is 1. The predicted octanol–water partition coefficient (Wildman–Crippen LogP) is 0.438. The molecule has 0 bridgehead atoms. The molecule has 1 aromatic carbocycles. The van der Waals surface area contributed by atoms with Gasteiger partial charge in [-0.3, -0.25) is 38.4 Å². The van der Waals surface area contributed by atoms with E-state index in [1.54, 1.807) is 0 Å². The van der Waals surface area contributed by atoms with E-state index in [-0.39, 0.29) is 11.5 Å². The number of hydrogen-bond acceptors (Lipinski definition) is 14. The lowest BCUT2D eigenvalue weighted by molar-refractivity contribution is -0.140. The minimum atomic E-state index is -4.94.